The summed E-state index contributed by atoms with van der Waals surface area (Å²) in [5.74, 6) is 0.245. The van der Waals surface area contributed by atoms with Gasteiger partial charge in [0.2, 0.25) is 0 Å². The second-order valence-electron chi connectivity index (χ2n) is 6.22. The standard InChI is InChI=1S/C17H20N6O/c1-2-5-19-17(24)23-7-4-11(10-23)15-14-12(9-21-22-15)8-20-16-13(14)3-6-18-16/h3,6,8-9,11,22H,2,4-5,7,10H2,1H3,(H,19,24). The van der Waals surface area contributed by atoms with Gasteiger partial charge in [0, 0.05) is 59.8 Å². The van der Waals surface area contributed by atoms with Gasteiger partial charge in [-0.25, -0.2) is 14.8 Å². The molecule has 0 bridgehead atoms. The van der Waals surface area contributed by atoms with Crippen molar-refractivity contribution in [1.82, 2.24) is 30.4 Å². The molecular weight excluding hydrogens is 304 g/mol. The smallest absolute Gasteiger partial charge is 0.317 e. The van der Waals surface area contributed by atoms with E-state index in [1.54, 1.807) is 12.4 Å². The van der Waals surface area contributed by atoms with Crippen LogP contribution >= 0.6 is 0 Å². The van der Waals surface area contributed by atoms with Crippen molar-refractivity contribution < 1.29 is 4.79 Å². The van der Waals surface area contributed by atoms with Gasteiger partial charge >= 0.3 is 6.03 Å². The lowest BCUT2D eigenvalue weighted by molar-refractivity contribution is 0.208. The molecule has 0 aromatic carbocycles. The summed E-state index contributed by atoms with van der Waals surface area (Å²) in [4.78, 5) is 22.7. The van der Waals surface area contributed by atoms with Crippen LogP contribution in [-0.2, 0) is 0 Å². The highest BCUT2D eigenvalue weighted by Gasteiger charge is 2.29. The zero-order valence-electron chi connectivity index (χ0n) is 13.6. The predicted octanol–water partition coefficient (Wildman–Crippen LogP) is 2.42. The molecule has 7 heteroatoms. The van der Waals surface area contributed by atoms with Crippen molar-refractivity contribution in [2.24, 2.45) is 0 Å². The van der Waals surface area contributed by atoms with E-state index in [0.29, 0.717) is 13.1 Å². The Morgan fingerprint density at radius 3 is 3.21 bits per heavy atom. The minimum Gasteiger partial charge on any atom is -0.338 e. The first kappa shape index (κ1) is 14.9. The van der Waals surface area contributed by atoms with Gasteiger partial charge in [-0.2, -0.15) is 5.10 Å². The molecule has 1 saturated heterocycles. The number of amides is 2. The molecule has 1 atom stereocenters. The van der Waals surface area contributed by atoms with Crippen LogP contribution in [0.4, 0.5) is 4.79 Å². The summed E-state index contributed by atoms with van der Waals surface area (Å²) in [5.41, 5.74) is 1.82. The van der Waals surface area contributed by atoms with Gasteiger partial charge in [0.05, 0.1) is 6.20 Å². The van der Waals surface area contributed by atoms with E-state index in [1.165, 1.54) is 0 Å². The summed E-state index contributed by atoms with van der Waals surface area (Å²) >= 11 is 0. The molecule has 3 aromatic rings. The van der Waals surface area contributed by atoms with E-state index < -0.39 is 0 Å². The number of hydrogen-bond acceptors (Lipinski definition) is 4. The van der Waals surface area contributed by atoms with Crippen LogP contribution < -0.4 is 5.32 Å². The highest BCUT2D eigenvalue weighted by atomic mass is 16.2. The summed E-state index contributed by atoms with van der Waals surface area (Å²) in [6.45, 7) is 4.23. The molecule has 2 N–H and O–H groups in total. The van der Waals surface area contributed by atoms with Gasteiger partial charge in [-0.15, -0.1) is 0 Å². The first-order valence-electron chi connectivity index (χ1n) is 8.37. The van der Waals surface area contributed by atoms with Crippen LogP contribution in [0.3, 0.4) is 0 Å². The second-order valence-corrected chi connectivity index (χ2v) is 6.22. The van der Waals surface area contributed by atoms with E-state index in [4.69, 9.17) is 0 Å². The number of aromatic amines is 1. The quantitative estimate of drug-likeness (QED) is 0.774. The number of carbonyl (C=O) groups excluding carboxylic acids is 1. The summed E-state index contributed by atoms with van der Waals surface area (Å²) in [5, 5.41) is 13.5. The Hall–Kier alpha value is -2.70. The molecule has 24 heavy (non-hydrogen) atoms. The molecule has 1 aliphatic heterocycles. The normalized spacial score (nSPS) is 17.7. The van der Waals surface area contributed by atoms with Crippen LogP contribution in [0.5, 0.6) is 0 Å². The number of carbonyl (C=O) groups is 1. The number of hydrogen-bond donors (Lipinski definition) is 2. The molecular formula is C17H20N6O. The SMILES string of the molecule is CCCNC(=O)N1CCC(c2[nH]ncc3cnc4nccc4c23)C1. The minimum absolute atomic E-state index is 0.0225. The van der Waals surface area contributed by atoms with Gasteiger partial charge in [-0.1, -0.05) is 6.92 Å². The molecule has 4 rings (SSSR count). The fourth-order valence-electron chi connectivity index (χ4n) is 3.42. The van der Waals surface area contributed by atoms with Crippen LogP contribution in [-0.4, -0.2) is 50.7 Å². The molecule has 1 fully saturated rings. The summed E-state index contributed by atoms with van der Waals surface area (Å²) in [7, 11) is 0. The molecule has 7 nitrogen and oxygen atoms in total. The van der Waals surface area contributed by atoms with Gasteiger partial charge in [-0.05, 0) is 18.9 Å². The average molecular weight is 324 g/mol. The maximum Gasteiger partial charge on any atom is 0.317 e. The van der Waals surface area contributed by atoms with Crippen molar-refractivity contribution in [3.8, 4) is 0 Å². The second kappa shape index (κ2) is 6.07. The van der Waals surface area contributed by atoms with Crippen molar-refractivity contribution in [3.63, 3.8) is 0 Å². The zero-order chi connectivity index (χ0) is 16.5. The number of urea groups is 1. The monoisotopic (exact) mass is 324 g/mol. The number of fused-ring (bicyclic) bond motifs is 3. The highest BCUT2D eigenvalue weighted by Crippen LogP contribution is 2.33. The van der Waals surface area contributed by atoms with E-state index >= 15 is 0 Å². The number of aromatic nitrogens is 4. The average Bonchev–Trinajstić information content (AvgIpc) is 3.28. The number of likely N-dealkylation sites (tertiary alicyclic amines) is 1. The topological polar surface area (TPSA) is 86.8 Å². The van der Waals surface area contributed by atoms with Crippen molar-refractivity contribution in [2.75, 3.05) is 19.6 Å². The lowest BCUT2D eigenvalue weighted by Crippen LogP contribution is -2.38. The number of nitrogens with zero attached hydrogens (tertiary/aromatic N) is 4. The molecule has 1 unspecified atom stereocenters. The third kappa shape index (κ3) is 2.46. The van der Waals surface area contributed by atoms with Gasteiger partial charge in [0.25, 0.3) is 0 Å². The van der Waals surface area contributed by atoms with Gasteiger partial charge in [0.1, 0.15) is 0 Å². The molecule has 4 heterocycles. The van der Waals surface area contributed by atoms with Crippen molar-refractivity contribution in [1.29, 1.82) is 0 Å². The van der Waals surface area contributed by atoms with Crippen LogP contribution in [0.25, 0.3) is 21.8 Å². The molecule has 1 aliphatic rings. The van der Waals surface area contributed by atoms with E-state index in [0.717, 1.165) is 46.9 Å². The lowest BCUT2D eigenvalue weighted by atomic mass is 9.98. The highest BCUT2D eigenvalue weighted by molar-refractivity contribution is 6.05. The molecule has 0 saturated carbocycles. The maximum absolute atomic E-state index is 12.2. The van der Waals surface area contributed by atoms with E-state index in [9.17, 15) is 4.79 Å². The lowest BCUT2D eigenvalue weighted by Gasteiger charge is -2.18. The molecule has 0 aliphatic carbocycles. The first-order chi connectivity index (χ1) is 11.8. The summed E-state index contributed by atoms with van der Waals surface area (Å²) < 4.78 is 0. The Kier molecular flexibility index (Phi) is 3.76. The summed E-state index contributed by atoms with van der Waals surface area (Å²) in [6.07, 6.45) is 7.25. The zero-order valence-corrected chi connectivity index (χ0v) is 13.6. The Bertz CT molecular complexity index is 889. The maximum atomic E-state index is 12.2. The summed E-state index contributed by atoms with van der Waals surface area (Å²) in [6, 6.07) is 2.01. The first-order valence-corrected chi connectivity index (χ1v) is 8.37. The number of pyridine rings is 1. The van der Waals surface area contributed by atoms with E-state index in [1.807, 2.05) is 17.2 Å². The van der Waals surface area contributed by atoms with Gasteiger partial charge < -0.3 is 10.2 Å². The Balaban J connectivity index is 1.67. The van der Waals surface area contributed by atoms with Crippen LogP contribution in [0.15, 0.2) is 24.7 Å². The number of nitrogens with one attached hydrogen (secondary N) is 2. The predicted molar refractivity (Wildman–Crippen MR) is 91.8 cm³/mol. The van der Waals surface area contributed by atoms with Crippen molar-refractivity contribution >= 4 is 27.8 Å². The minimum atomic E-state index is 0.0225. The third-order valence-electron chi connectivity index (χ3n) is 4.63. The molecule has 124 valence electrons. The van der Waals surface area contributed by atoms with Gasteiger partial charge in [-0.3, -0.25) is 5.10 Å². The van der Waals surface area contributed by atoms with Crippen molar-refractivity contribution in [3.05, 3.63) is 30.4 Å². The fourth-order valence-corrected chi connectivity index (χ4v) is 3.42. The third-order valence-corrected chi connectivity index (χ3v) is 4.63. The Labute approximate surface area is 139 Å². The van der Waals surface area contributed by atoms with E-state index in [2.05, 4.69) is 32.4 Å². The molecule has 2 amide bonds. The van der Waals surface area contributed by atoms with E-state index in [-0.39, 0.29) is 11.9 Å². The number of H-pyrrole nitrogens is 1. The molecule has 3 aromatic heterocycles. The van der Waals surface area contributed by atoms with Crippen LogP contribution in [0.2, 0.25) is 0 Å². The fraction of sp³-hybridized carbons (Fsp3) is 0.412. The Morgan fingerprint density at radius 2 is 2.33 bits per heavy atom. The van der Waals surface area contributed by atoms with Gasteiger partial charge in [0.15, 0.2) is 5.65 Å². The largest absolute Gasteiger partial charge is 0.338 e. The van der Waals surface area contributed by atoms with Crippen LogP contribution in [0.1, 0.15) is 31.4 Å². The van der Waals surface area contributed by atoms with Crippen molar-refractivity contribution in [2.45, 2.75) is 25.7 Å². The number of rotatable bonds is 3. The Morgan fingerprint density at radius 1 is 1.42 bits per heavy atom. The van der Waals surface area contributed by atoms with Crippen LogP contribution in [0, 0.1) is 0 Å². The molecule has 0 radical (unpaired) electrons. The molecule has 0 spiro atoms.